The van der Waals surface area contributed by atoms with Crippen LogP contribution in [0.15, 0.2) is 29.4 Å². The molecule has 0 unspecified atom stereocenters. The van der Waals surface area contributed by atoms with Gasteiger partial charge in [-0.05, 0) is 41.3 Å². The van der Waals surface area contributed by atoms with Gasteiger partial charge in [-0.15, -0.1) is 5.10 Å². The fraction of sp³-hybridized carbons (Fsp3) is 0.467. The predicted molar refractivity (Wildman–Crippen MR) is 91.5 cm³/mol. The van der Waals surface area contributed by atoms with Crippen molar-refractivity contribution >= 4 is 23.4 Å². The van der Waals surface area contributed by atoms with Crippen molar-refractivity contribution in [3.8, 4) is 5.69 Å². The molecule has 0 fully saturated rings. The Hall–Kier alpha value is -1.97. The third-order valence-corrected chi connectivity index (χ3v) is 3.74. The highest BCUT2D eigenvalue weighted by molar-refractivity contribution is 7.98. The van der Waals surface area contributed by atoms with Crippen molar-refractivity contribution in [3.63, 3.8) is 0 Å². The molecular formula is C15H21N5O3S. The standard InChI is InChI=1S/C15H21N5O3S/c1-22-9-10-23-8-4-7-14(21)16-12-5-3-6-13(11-12)20-15(24-2)17-18-19-20/h3,5-6,11H,4,7-10H2,1-2H3,(H,16,21). The van der Waals surface area contributed by atoms with Crippen LogP contribution in [0.3, 0.4) is 0 Å². The van der Waals surface area contributed by atoms with Crippen LogP contribution in [0.25, 0.3) is 5.69 Å². The first-order chi connectivity index (χ1) is 11.7. The summed E-state index contributed by atoms with van der Waals surface area (Å²) >= 11 is 1.45. The average molecular weight is 351 g/mol. The molecule has 2 rings (SSSR count). The van der Waals surface area contributed by atoms with Crippen molar-refractivity contribution in [1.82, 2.24) is 20.2 Å². The monoisotopic (exact) mass is 351 g/mol. The van der Waals surface area contributed by atoms with Crippen molar-refractivity contribution in [2.75, 3.05) is 38.5 Å². The van der Waals surface area contributed by atoms with Gasteiger partial charge in [0.1, 0.15) is 0 Å². The molecule has 2 aromatic rings. The van der Waals surface area contributed by atoms with Crippen LogP contribution in [0.5, 0.6) is 0 Å². The van der Waals surface area contributed by atoms with E-state index in [9.17, 15) is 4.79 Å². The molecule has 1 amide bonds. The van der Waals surface area contributed by atoms with Crippen LogP contribution >= 0.6 is 11.8 Å². The number of benzene rings is 1. The number of rotatable bonds is 10. The maximum atomic E-state index is 12.0. The zero-order valence-electron chi connectivity index (χ0n) is 13.8. The Kier molecular flexibility index (Phi) is 7.66. The van der Waals surface area contributed by atoms with Crippen molar-refractivity contribution < 1.29 is 14.3 Å². The lowest BCUT2D eigenvalue weighted by Gasteiger charge is -2.08. The fourth-order valence-electron chi connectivity index (χ4n) is 1.99. The van der Waals surface area contributed by atoms with Crippen molar-refractivity contribution in [2.45, 2.75) is 18.0 Å². The molecule has 0 aliphatic heterocycles. The fourth-order valence-corrected chi connectivity index (χ4v) is 2.42. The molecule has 8 nitrogen and oxygen atoms in total. The first kappa shape index (κ1) is 18.4. The number of hydrogen-bond donors (Lipinski definition) is 1. The SMILES string of the molecule is COCCOCCCC(=O)Nc1cccc(-n2nnnc2SC)c1. The van der Waals surface area contributed by atoms with E-state index in [-0.39, 0.29) is 5.91 Å². The topological polar surface area (TPSA) is 91.2 Å². The molecular weight excluding hydrogens is 330 g/mol. The van der Waals surface area contributed by atoms with Crippen LogP contribution in [-0.2, 0) is 14.3 Å². The maximum absolute atomic E-state index is 12.0. The van der Waals surface area contributed by atoms with Gasteiger partial charge in [0.25, 0.3) is 0 Å². The summed E-state index contributed by atoms with van der Waals surface area (Å²) in [5.41, 5.74) is 1.51. The van der Waals surface area contributed by atoms with Crippen LogP contribution < -0.4 is 5.32 Å². The zero-order valence-corrected chi connectivity index (χ0v) is 14.6. The number of nitrogens with one attached hydrogen (secondary N) is 1. The number of amides is 1. The zero-order chi connectivity index (χ0) is 17.2. The van der Waals surface area contributed by atoms with E-state index in [1.165, 1.54) is 11.8 Å². The molecule has 9 heteroatoms. The molecule has 0 spiro atoms. The first-order valence-corrected chi connectivity index (χ1v) is 8.76. The van der Waals surface area contributed by atoms with E-state index in [1.807, 2.05) is 30.5 Å². The first-order valence-electron chi connectivity index (χ1n) is 7.54. The molecule has 0 radical (unpaired) electrons. The largest absolute Gasteiger partial charge is 0.382 e. The van der Waals surface area contributed by atoms with E-state index in [1.54, 1.807) is 11.8 Å². The molecule has 1 N–H and O–H groups in total. The molecule has 0 aliphatic carbocycles. The van der Waals surface area contributed by atoms with Gasteiger partial charge >= 0.3 is 0 Å². The summed E-state index contributed by atoms with van der Waals surface area (Å²) in [6.07, 6.45) is 2.97. The number of methoxy groups -OCH3 is 1. The number of tetrazole rings is 1. The lowest BCUT2D eigenvalue weighted by molar-refractivity contribution is -0.116. The molecule has 130 valence electrons. The second kappa shape index (κ2) is 10.0. The Morgan fingerprint density at radius 2 is 2.21 bits per heavy atom. The van der Waals surface area contributed by atoms with Gasteiger partial charge in [-0.1, -0.05) is 17.8 Å². The molecule has 0 atom stereocenters. The Morgan fingerprint density at radius 3 is 3.00 bits per heavy atom. The molecule has 0 saturated carbocycles. The number of aromatic nitrogens is 4. The van der Waals surface area contributed by atoms with Gasteiger partial charge < -0.3 is 14.8 Å². The smallest absolute Gasteiger partial charge is 0.224 e. The van der Waals surface area contributed by atoms with Crippen molar-refractivity contribution in [2.24, 2.45) is 0 Å². The predicted octanol–water partition coefficient (Wildman–Crippen LogP) is 1.77. The Balaban J connectivity index is 1.85. The number of carbonyl (C=O) groups is 1. The van der Waals surface area contributed by atoms with E-state index in [4.69, 9.17) is 9.47 Å². The normalized spacial score (nSPS) is 10.8. The second-order valence-corrected chi connectivity index (χ2v) is 5.66. The summed E-state index contributed by atoms with van der Waals surface area (Å²) in [7, 11) is 1.63. The summed E-state index contributed by atoms with van der Waals surface area (Å²) < 4.78 is 11.8. The quantitative estimate of drug-likeness (QED) is 0.515. The van der Waals surface area contributed by atoms with Gasteiger partial charge in [0.2, 0.25) is 11.1 Å². The summed E-state index contributed by atoms with van der Waals surface area (Å²) in [6, 6.07) is 7.41. The highest BCUT2D eigenvalue weighted by Gasteiger charge is 2.08. The van der Waals surface area contributed by atoms with Crippen molar-refractivity contribution in [1.29, 1.82) is 0 Å². The molecule has 24 heavy (non-hydrogen) atoms. The van der Waals surface area contributed by atoms with Crippen LogP contribution in [0, 0.1) is 0 Å². The van der Waals surface area contributed by atoms with Crippen LogP contribution in [-0.4, -0.2) is 59.3 Å². The van der Waals surface area contributed by atoms with Crippen LogP contribution in [0.4, 0.5) is 5.69 Å². The Bertz CT molecular complexity index is 650. The van der Waals surface area contributed by atoms with E-state index < -0.39 is 0 Å². The number of anilines is 1. The minimum Gasteiger partial charge on any atom is -0.382 e. The number of nitrogens with zero attached hydrogens (tertiary/aromatic N) is 4. The number of hydrogen-bond acceptors (Lipinski definition) is 7. The van der Waals surface area contributed by atoms with E-state index in [0.29, 0.717) is 43.5 Å². The lowest BCUT2D eigenvalue weighted by atomic mass is 10.2. The Morgan fingerprint density at radius 1 is 1.33 bits per heavy atom. The highest BCUT2D eigenvalue weighted by Crippen LogP contribution is 2.18. The number of ether oxygens (including phenoxy) is 2. The van der Waals surface area contributed by atoms with Gasteiger partial charge in [0, 0.05) is 25.8 Å². The number of carbonyl (C=O) groups excluding carboxylic acids is 1. The Labute approximate surface area is 144 Å². The molecule has 0 bridgehead atoms. The van der Waals surface area contributed by atoms with Crippen LogP contribution in [0.1, 0.15) is 12.8 Å². The lowest BCUT2D eigenvalue weighted by Crippen LogP contribution is -2.13. The summed E-state index contributed by atoms with van der Waals surface area (Å²) in [4.78, 5) is 12.0. The average Bonchev–Trinajstić information content (AvgIpc) is 3.07. The third-order valence-electron chi connectivity index (χ3n) is 3.12. The minimum absolute atomic E-state index is 0.0516. The van der Waals surface area contributed by atoms with Crippen molar-refractivity contribution in [3.05, 3.63) is 24.3 Å². The van der Waals surface area contributed by atoms with Gasteiger partial charge in [0.05, 0.1) is 18.9 Å². The summed E-state index contributed by atoms with van der Waals surface area (Å²) in [5.74, 6) is -0.0516. The van der Waals surface area contributed by atoms with Gasteiger partial charge in [0.15, 0.2) is 0 Å². The van der Waals surface area contributed by atoms with E-state index >= 15 is 0 Å². The summed E-state index contributed by atoms with van der Waals surface area (Å²) in [5, 5.41) is 15.1. The van der Waals surface area contributed by atoms with Gasteiger partial charge in [-0.25, -0.2) is 0 Å². The second-order valence-electron chi connectivity index (χ2n) is 4.88. The summed E-state index contributed by atoms with van der Waals surface area (Å²) in [6.45, 7) is 1.65. The highest BCUT2D eigenvalue weighted by atomic mass is 32.2. The van der Waals surface area contributed by atoms with Gasteiger partial charge in [-0.2, -0.15) is 4.68 Å². The maximum Gasteiger partial charge on any atom is 0.224 e. The molecule has 1 aromatic heterocycles. The number of thioether (sulfide) groups is 1. The molecule has 0 aliphatic rings. The van der Waals surface area contributed by atoms with Crippen LogP contribution in [0.2, 0.25) is 0 Å². The van der Waals surface area contributed by atoms with E-state index in [2.05, 4.69) is 20.8 Å². The molecule has 1 heterocycles. The minimum atomic E-state index is -0.0516. The molecule has 1 aromatic carbocycles. The van der Waals surface area contributed by atoms with E-state index in [0.717, 1.165) is 5.69 Å². The molecule has 0 saturated heterocycles. The van der Waals surface area contributed by atoms with Gasteiger partial charge in [-0.3, -0.25) is 4.79 Å². The third kappa shape index (κ3) is 5.59.